The second kappa shape index (κ2) is 5.39. The second-order valence-electron chi connectivity index (χ2n) is 3.29. The summed E-state index contributed by atoms with van der Waals surface area (Å²) in [5.41, 5.74) is 11.4. The lowest BCUT2D eigenvalue weighted by Crippen LogP contribution is -2.21. The Labute approximate surface area is 103 Å². The third-order valence-corrected chi connectivity index (χ3v) is 2.71. The van der Waals surface area contributed by atoms with Crippen LogP contribution in [0.1, 0.15) is 18.0 Å². The van der Waals surface area contributed by atoms with Crippen molar-refractivity contribution in [2.24, 2.45) is 11.5 Å². The van der Waals surface area contributed by atoms with Crippen molar-refractivity contribution in [3.05, 3.63) is 27.7 Å². The van der Waals surface area contributed by atoms with Gasteiger partial charge in [-0.15, -0.1) is 0 Å². The molecular weight excluding hydrogens is 251 g/mol. The molecular formula is C10H12Cl2N2O2. The Bertz CT molecular complexity index is 410. The van der Waals surface area contributed by atoms with Crippen LogP contribution in [0.3, 0.4) is 0 Å². The number of carbonyl (C=O) groups is 1. The fourth-order valence-corrected chi connectivity index (χ4v) is 1.85. The number of rotatable bonds is 4. The first-order valence-electron chi connectivity index (χ1n) is 4.52. The summed E-state index contributed by atoms with van der Waals surface area (Å²) in [5.74, 6) is -0.0304. The number of benzene rings is 1. The van der Waals surface area contributed by atoms with Gasteiger partial charge in [-0.2, -0.15) is 0 Å². The maximum atomic E-state index is 10.7. The molecule has 1 rings (SSSR count). The molecule has 1 atom stereocenters. The van der Waals surface area contributed by atoms with E-state index < -0.39 is 11.9 Å². The summed E-state index contributed by atoms with van der Waals surface area (Å²) in [6.07, 6.45) is 0.0162. The van der Waals surface area contributed by atoms with Crippen molar-refractivity contribution in [2.45, 2.75) is 12.5 Å². The van der Waals surface area contributed by atoms with E-state index in [-0.39, 0.29) is 6.42 Å². The predicted octanol–water partition coefficient (Wildman–Crippen LogP) is 1.88. The average Bonchev–Trinajstić information content (AvgIpc) is 2.19. The van der Waals surface area contributed by atoms with E-state index in [1.807, 2.05) is 0 Å². The summed E-state index contributed by atoms with van der Waals surface area (Å²) in [5, 5.41) is 0.789. The van der Waals surface area contributed by atoms with Crippen LogP contribution < -0.4 is 16.2 Å². The highest BCUT2D eigenvalue weighted by Gasteiger charge is 2.15. The minimum absolute atomic E-state index is 0.0162. The molecule has 1 amide bonds. The minimum Gasteiger partial charge on any atom is -0.495 e. The summed E-state index contributed by atoms with van der Waals surface area (Å²) in [6, 6.07) is 2.57. The fourth-order valence-electron chi connectivity index (χ4n) is 1.31. The van der Waals surface area contributed by atoms with Gasteiger partial charge in [0, 0.05) is 23.6 Å². The van der Waals surface area contributed by atoms with E-state index in [0.717, 1.165) is 0 Å². The normalized spacial score (nSPS) is 12.2. The van der Waals surface area contributed by atoms with Crippen molar-refractivity contribution in [1.29, 1.82) is 0 Å². The molecule has 0 spiro atoms. The lowest BCUT2D eigenvalue weighted by molar-refractivity contribution is -0.118. The number of halogens is 2. The van der Waals surface area contributed by atoms with Crippen LogP contribution in [0.25, 0.3) is 0 Å². The van der Waals surface area contributed by atoms with Gasteiger partial charge in [0.1, 0.15) is 5.75 Å². The zero-order valence-corrected chi connectivity index (χ0v) is 10.2. The van der Waals surface area contributed by atoms with E-state index >= 15 is 0 Å². The number of nitrogens with two attached hydrogens (primary N) is 2. The quantitative estimate of drug-likeness (QED) is 0.870. The van der Waals surface area contributed by atoms with Crippen molar-refractivity contribution >= 4 is 29.1 Å². The Hall–Kier alpha value is -0.970. The van der Waals surface area contributed by atoms with Gasteiger partial charge in [-0.05, 0) is 11.6 Å². The van der Waals surface area contributed by atoms with Crippen molar-refractivity contribution in [1.82, 2.24) is 0 Å². The smallest absolute Gasteiger partial charge is 0.219 e. The topological polar surface area (TPSA) is 78.3 Å². The van der Waals surface area contributed by atoms with Crippen LogP contribution in [0, 0.1) is 0 Å². The highest BCUT2D eigenvalue weighted by Crippen LogP contribution is 2.33. The first-order valence-corrected chi connectivity index (χ1v) is 5.28. The molecule has 0 saturated carbocycles. The number of hydrogen-bond donors (Lipinski definition) is 2. The van der Waals surface area contributed by atoms with Crippen LogP contribution in [-0.4, -0.2) is 13.0 Å². The molecule has 1 aromatic rings. The first kappa shape index (κ1) is 13.1. The van der Waals surface area contributed by atoms with Crippen LogP contribution in [0.2, 0.25) is 10.0 Å². The average molecular weight is 263 g/mol. The van der Waals surface area contributed by atoms with Gasteiger partial charge in [0.15, 0.2) is 0 Å². The number of primary amides is 1. The van der Waals surface area contributed by atoms with Crippen LogP contribution >= 0.6 is 23.2 Å². The Balaban J connectivity index is 3.05. The largest absolute Gasteiger partial charge is 0.495 e. The molecule has 4 nitrogen and oxygen atoms in total. The monoisotopic (exact) mass is 262 g/mol. The molecule has 0 aliphatic heterocycles. The maximum absolute atomic E-state index is 10.7. The van der Waals surface area contributed by atoms with Crippen LogP contribution in [0.4, 0.5) is 0 Å². The molecule has 0 saturated heterocycles. The van der Waals surface area contributed by atoms with Crippen LogP contribution in [-0.2, 0) is 4.79 Å². The van der Waals surface area contributed by atoms with E-state index in [4.69, 9.17) is 39.4 Å². The number of hydrogen-bond acceptors (Lipinski definition) is 3. The SMILES string of the molecule is COc1cc(Cl)c(C(N)CC(N)=O)cc1Cl. The van der Waals surface area contributed by atoms with Gasteiger partial charge in [0.2, 0.25) is 5.91 Å². The molecule has 0 aliphatic rings. The zero-order chi connectivity index (χ0) is 12.3. The van der Waals surface area contributed by atoms with E-state index in [1.54, 1.807) is 12.1 Å². The van der Waals surface area contributed by atoms with Crippen LogP contribution in [0.15, 0.2) is 12.1 Å². The summed E-state index contributed by atoms with van der Waals surface area (Å²) >= 11 is 11.9. The van der Waals surface area contributed by atoms with Gasteiger partial charge in [0.25, 0.3) is 0 Å². The number of carbonyl (C=O) groups excluding carboxylic acids is 1. The lowest BCUT2D eigenvalue weighted by Gasteiger charge is -2.14. The molecule has 0 aromatic heterocycles. The third kappa shape index (κ3) is 3.01. The third-order valence-electron chi connectivity index (χ3n) is 2.09. The molecule has 0 fully saturated rings. The molecule has 88 valence electrons. The second-order valence-corrected chi connectivity index (χ2v) is 4.10. The van der Waals surface area contributed by atoms with Crippen molar-refractivity contribution in [3.8, 4) is 5.75 Å². The molecule has 4 N–H and O–H groups in total. The lowest BCUT2D eigenvalue weighted by atomic mass is 10.0. The predicted molar refractivity (Wildman–Crippen MR) is 63.8 cm³/mol. The molecule has 1 aromatic carbocycles. The van der Waals surface area contributed by atoms with Gasteiger partial charge in [0.05, 0.1) is 12.1 Å². The molecule has 1 unspecified atom stereocenters. The number of ether oxygens (including phenoxy) is 1. The molecule has 0 aliphatic carbocycles. The summed E-state index contributed by atoms with van der Waals surface area (Å²) in [6.45, 7) is 0. The molecule has 6 heteroatoms. The highest BCUT2D eigenvalue weighted by atomic mass is 35.5. The van der Waals surface area contributed by atoms with Crippen LogP contribution in [0.5, 0.6) is 5.75 Å². The van der Waals surface area contributed by atoms with E-state index in [0.29, 0.717) is 21.4 Å². The van der Waals surface area contributed by atoms with Crippen molar-refractivity contribution in [2.75, 3.05) is 7.11 Å². The highest BCUT2D eigenvalue weighted by molar-refractivity contribution is 6.34. The van der Waals surface area contributed by atoms with Gasteiger partial charge in [-0.3, -0.25) is 4.79 Å². The standard InChI is InChI=1S/C10H12Cl2N2O2/c1-16-9-3-6(11)5(2-7(9)12)8(13)4-10(14)15/h2-3,8H,4,13H2,1H3,(H2,14,15). The molecule has 0 heterocycles. The summed E-state index contributed by atoms with van der Waals surface area (Å²) < 4.78 is 4.99. The Kier molecular flexibility index (Phi) is 4.41. The van der Waals surface area contributed by atoms with E-state index in [2.05, 4.69) is 0 Å². The molecule has 0 radical (unpaired) electrons. The number of amides is 1. The van der Waals surface area contributed by atoms with Gasteiger partial charge >= 0.3 is 0 Å². The zero-order valence-electron chi connectivity index (χ0n) is 8.67. The summed E-state index contributed by atoms with van der Waals surface area (Å²) in [7, 11) is 1.49. The van der Waals surface area contributed by atoms with E-state index in [9.17, 15) is 4.79 Å². The van der Waals surface area contributed by atoms with E-state index in [1.165, 1.54) is 7.11 Å². The fraction of sp³-hybridized carbons (Fsp3) is 0.300. The van der Waals surface area contributed by atoms with Gasteiger partial charge in [-0.1, -0.05) is 23.2 Å². The summed E-state index contributed by atoms with van der Waals surface area (Å²) in [4.78, 5) is 10.7. The maximum Gasteiger partial charge on any atom is 0.219 e. The first-order chi connectivity index (χ1) is 7.45. The van der Waals surface area contributed by atoms with Gasteiger partial charge in [-0.25, -0.2) is 0 Å². The Morgan fingerprint density at radius 2 is 2.06 bits per heavy atom. The Morgan fingerprint density at radius 3 is 2.56 bits per heavy atom. The molecule has 0 bridgehead atoms. The van der Waals surface area contributed by atoms with Crippen molar-refractivity contribution in [3.63, 3.8) is 0 Å². The van der Waals surface area contributed by atoms with Gasteiger partial charge < -0.3 is 16.2 Å². The Morgan fingerprint density at radius 1 is 1.44 bits per heavy atom. The van der Waals surface area contributed by atoms with Crippen molar-refractivity contribution < 1.29 is 9.53 Å². The molecule has 16 heavy (non-hydrogen) atoms. The number of methoxy groups -OCH3 is 1. The minimum atomic E-state index is -0.562.